The second kappa shape index (κ2) is 6.23. The summed E-state index contributed by atoms with van der Waals surface area (Å²) in [5.41, 5.74) is -0.598. The van der Waals surface area contributed by atoms with Gasteiger partial charge in [0, 0.05) is 13.1 Å². The zero-order valence-corrected chi connectivity index (χ0v) is 12.0. The minimum absolute atomic E-state index is 0.185. The number of nitrogens with zero attached hydrogens (tertiary/aromatic N) is 1. The summed E-state index contributed by atoms with van der Waals surface area (Å²) in [6.45, 7) is 7.74. The van der Waals surface area contributed by atoms with Crippen molar-refractivity contribution in [2.24, 2.45) is 5.92 Å². The minimum atomic E-state index is -0.726. The van der Waals surface area contributed by atoms with E-state index in [1.807, 2.05) is 0 Å². The molecule has 6 heteroatoms. The number of likely N-dealkylation sites (tertiary alicyclic amines) is 1. The Balaban J connectivity index is 2.64. The lowest BCUT2D eigenvalue weighted by Crippen LogP contribution is -2.50. The number of carbonyl (C=O) groups is 2. The SMILES string of the molecule is CCOC(=O)[C@@H]1C[C@@H](O)CN(C(=O)OC(C)(C)C)C1. The molecule has 0 spiro atoms. The highest BCUT2D eigenvalue weighted by molar-refractivity contribution is 5.75. The van der Waals surface area contributed by atoms with Crippen molar-refractivity contribution in [3.05, 3.63) is 0 Å². The molecule has 0 bridgehead atoms. The van der Waals surface area contributed by atoms with E-state index in [0.29, 0.717) is 6.42 Å². The van der Waals surface area contributed by atoms with Crippen LogP contribution < -0.4 is 0 Å². The molecule has 1 amide bonds. The second-order valence-corrected chi connectivity index (χ2v) is 5.72. The molecule has 19 heavy (non-hydrogen) atoms. The summed E-state index contributed by atoms with van der Waals surface area (Å²) in [7, 11) is 0. The molecule has 110 valence electrons. The first-order valence-corrected chi connectivity index (χ1v) is 6.55. The first kappa shape index (κ1) is 15.8. The Morgan fingerprint density at radius 3 is 2.47 bits per heavy atom. The van der Waals surface area contributed by atoms with Gasteiger partial charge in [0.25, 0.3) is 0 Å². The minimum Gasteiger partial charge on any atom is -0.466 e. The number of rotatable bonds is 2. The van der Waals surface area contributed by atoms with E-state index in [1.54, 1.807) is 27.7 Å². The third kappa shape index (κ3) is 5.06. The topological polar surface area (TPSA) is 76.1 Å². The molecule has 0 aromatic carbocycles. The van der Waals surface area contributed by atoms with Crippen LogP contribution in [-0.2, 0) is 14.3 Å². The average molecular weight is 273 g/mol. The Hall–Kier alpha value is -1.30. The molecule has 0 aromatic rings. The number of ether oxygens (including phenoxy) is 2. The number of esters is 1. The third-order valence-corrected chi connectivity index (χ3v) is 2.70. The van der Waals surface area contributed by atoms with Crippen LogP contribution in [0.25, 0.3) is 0 Å². The van der Waals surface area contributed by atoms with Gasteiger partial charge in [0.2, 0.25) is 0 Å². The highest BCUT2D eigenvalue weighted by Crippen LogP contribution is 2.20. The van der Waals surface area contributed by atoms with Gasteiger partial charge in [0.05, 0.1) is 18.6 Å². The summed E-state index contributed by atoms with van der Waals surface area (Å²) in [5.74, 6) is -0.869. The zero-order chi connectivity index (χ0) is 14.6. The van der Waals surface area contributed by atoms with Crippen molar-refractivity contribution in [1.29, 1.82) is 0 Å². The van der Waals surface area contributed by atoms with Crippen LogP contribution in [0, 0.1) is 5.92 Å². The molecule has 2 atom stereocenters. The molecule has 1 saturated heterocycles. The summed E-state index contributed by atoms with van der Waals surface area (Å²) in [5, 5.41) is 9.76. The highest BCUT2D eigenvalue weighted by Gasteiger charge is 2.35. The Labute approximate surface area is 113 Å². The number of carbonyl (C=O) groups excluding carboxylic acids is 2. The zero-order valence-electron chi connectivity index (χ0n) is 12.0. The fraction of sp³-hybridized carbons (Fsp3) is 0.846. The maximum Gasteiger partial charge on any atom is 0.410 e. The number of piperidine rings is 1. The van der Waals surface area contributed by atoms with Crippen molar-refractivity contribution in [2.75, 3.05) is 19.7 Å². The molecular formula is C13H23NO5. The maximum atomic E-state index is 11.9. The lowest BCUT2D eigenvalue weighted by molar-refractivity contribution is -0.151. The van der Waals surface area contributed by atoms with Crippen LogP contribution in [0.5, 0.6) is 0 Å². The monoisotopic (exact) mass is 273 g/mol. The van der Waals surface area contributed by atoms with Crippen LogP contribution in [-0.4, -0.2) is 53.5 Å². The molecule has 0 aromatic heterocycles. The van der Waals surface area contributed by atoms with Gasteiger partial charge in [-0.15, -0.1) is 0 Å². The molecular weight excluding hydrogens is 250 g/mol. The summed E-state index contributed by atoms with van der Waals surface area (Å²) in [6.07, 6.45) is -0.922. The van der Waals surface area contributed by atoms with Gasteiger partial charge in [-0.25, -0.2) is 4.79 Å². The third-order valence-electron chi connectivity index (χ3n) is 2.70. The lowest BCUT2D eigenvalue weighted by Gasteiger charge is -2.35. The quantitative estimate of drug-likeness (QED) is 0.764. The number of aliphatic hydroxyl groups excluding tert-OH is 1. The van der Waals surface area contributed by atoms with Gasteiger partial charge in [-0.3, -0.25) is 4.79 Å². The van der Waals surface area contributed by atoms with Crippen molar-refractivity contribution in [3.63, 3.8) is 0 Å². The van der Waals surface area contributed by atoms with Gasteiger partial charge in [-0.05, 0) is 34.1 Å². The largest absolute Gasteiger partial charge is 0.466 e. The molecule has 0 saturated carbocycles. The molecule has 0 radical (unpaired) electrons. The normalized spacial score (nSPS) is 23.9. The van der Waals surface area contributed by atoms with Crippen LogP contribution in [0.4, 0.5) is 4.79 Å². The van der Waals surface area contributed by atoms with E-state index >= 15 is 0 Å². The van der Waals surface area contributed by atoms with Crippen LogP contribution in [0.2, 0.25) is 0 Å². The van der Waals surface area contributed by atoms with Gasteiger partial charge in [-0.2, -0.15) is 0 Å². The van der Waals surface area contributed by atoms with E-state index in [-0.39, 0.29) is 25.7 Å². The molecule has 1 N–H and O–H groups in total. The predicted molar refractivity (Wildman–Crippen MR) is 68.6 cm³/mol. The number of amides is 1. The van der Waals surface area contributed by atoms with Gasteiger partial charge >= 0.3 is 12.1 Å². The van der Waals surface area contributed by atoms with Gasteiger partial charge < -0.3 is 19.5 Å². The van der Waals surface area contributed by atoms with Crippen LogP contribution >= 0.6 is 0 Å². The van der Waals surface area contributed by atoms with Crippen molar-refractivity contribution in [3.8, 4) is 0 Å². The summed E-state index contributed by atoms with van der Waals surface area (Å²) >= 11 is 0. The standard InChI is InChI=1S/C13H23NO5/c1-5-18-11(16)9-6-10(15)8-14(7-9)12(17)19-13(2,3)4/h9-10,15H,5-8H2,1-4H3/t9-,10-/m1/s1. The molecule has 1 aliphatic heterocycles. The fourth-order valence-corrected chi connectivity index (χ4v) is 1.98. The lowest BCUT2D eigenvalue weighted by atomic mass is 9.96. The van der Waals surface area contributed by atoms with E-state index in [2.05, 4.69) is 0 Å². The van der Waals surface area contributed by atoms with Crippen LogP contribution in [0.15, 0.2) is 0 Å². The van der Waals surface area contributed by atoms with Crippen molar-refractivity contribution < 1.29 is 24.2 Å². The molecule has 1 aliphatic rings. The number of hydrogen-bond donors (Lipinski definition) is 1. The Bertz CT molecular complexity index is 336. The van der Waals surface area contributed by atoms with Gasteiger partial charge in [0.1, 0.15) is 5.60 Å². The fourth-order valence-electron chi connectivity index (χ4n) is 1.98. The van der Waals surface area contributed by atoms with Crippen molar-refractivity contribution in [2.45, 2.75) is 45.8 Å². The molecule has 1 fully saturated rings. The molecule has 0 unspecified atom stereocenters. The molecule has 6 nitrogen and oxygen atoms in total. The number of β-amino-alcohol motifs (C(OH)–C–C–N with tert-alkyl or cyclic N) is 1. The first-order valence-electron chi connectivity index (χ1n) is 6.55. The summed E-state index contributed by atoms with van der Waals surface area (Å²) in [4.78, 5) is 25.0. The molecule has 0 aliphatic carbocycles. The Morgan fingerprint density at radius 2 is 1.95 bits per heavy atom. The average Bonchev–Trinajstić information content (AvgIpc) is 2.26. The second-order valence-electron chi connectivity index (χ2n) is 5.72. The smallest absolute Gasteiger partial charge is 0.410 e. The van der Waals surface area contributed by atoms with E-state index in [4.69, 9.17) is 9.47 Å². The van der Waals surface area contributed by atoms with Crippen LogP contribution in [0.3, 0.4) is 0 Å². The first-order chi connectivity index (χ1) is 8.73. The Kier molecular flexibility index (Phi) is 5.17. The van der Waals surface area contributed by atoms with Crippen LogP contribution in [0.1, 0.15) is 34.1 Å². The summed E-state index contributed by atoms with van der Waals surface area (Å²) < 4.78 is 10.2. The highest BCUT2D eigenvalue weighted by atomic mass is 16.6. The van der Waals surface area contributed by atoms with E-state index in [0.717, 1.165) is 0 Å². The predicted octanol–water partition coefficient (Wildman–Crippen LogP) is 1.17. The van der Waals surface area contributed by atoms with Crippen molar-refractivity contribution >= 4 is 12.1 Å². The van der Waals surface area contributed by atoms with Crippen molar-refractivity contribution in [1.82, 2.24) is 4.90 Å². The maximum absolute atomic E-state index is 11.9. The van der Waals surface area contributed by atoms with E-state index in [9.17, 15) is 14.7 Å². The molecule has 1 rings (SSSR count). The number of aliphatic hydroxyl groups is 1. The van der Waals surface area contributed by atoms with Gasteiger partial charge in [0.15, 0.2) is 0 Å². The van der Waals surface area contributed by atoms with E-state index < -0.39 is 23.7 Å². The van der Waals surface area contributed by atoms with E-state index in [1.165, 1.54) is 4.90 Å². The summed E-state index contributed by atoms with van der Waals surface area (Å²) in [6, 6.07) is 0. The number of hydrogen-bond acceptors (Lipinski definition) is 5. The van der Waals surface area contributed by atoms with Gasteiger partial charge in [-0.1, -0.05) is 0 Å². The Morgan fingerprint density at radius 1 is 1.32 bits per heavy atom. The molecule has 1 heterocycles.